The lowest BCUT2D eigenvalue weighted by Crippen LogP contribution is -2.06. The molecule has 0 atom stereocenters. The minimum absolute atomic E-state index is 0.0719. The number of aryl methyl sites for hydroxylation is 1. The van der Waals surface area contributed by atoms with E-state index in [-0.39, 0.29) is 5.39 Å². The average molecular weight is 207 g/mol. The van der Waals surface area contributed by atoms with Crippen LogP contribution >= 0.6 is 0 Å². The van der Waals surface area contributed by atoms with Crippen molar-refractivity contribution in [2.45, 2.75) is 19.8 Å². The lowest BCUT2D eigenvalue weighted by molar-refractivity contribution is 0.439. The molecule has 0 bridgehead atoms. The van der Waals surface area contributed by atoms with Gasteiger partial charge in [0.15, 0.2) is 5.89 Å². The molecule has 78 valence electrons. The standard InChI is InChI=1S/C11H10FNO2/c1-2-4-9-13-8-6-3-5-7(12)10(8)11(14)15-9/h3,5-6H,2,4H2,1H3. The normalized spacial score (nSPS) is 10.8. The second-order valence-corrected chi connectivity index (χ2v) is 3.28. The highest BCUT2D eigenvalue weighted by Gasteiger charge is 2.09. The average Bonchev–Trinajstić information content (AvgIpc) is 2.17. The SMILES string of the molecule is CCCc1nc2cccc(F)c2c(=O)o1. The molecular formula is C11H10FNO2. The van der Waals surface area contributed by atoms with Gasteiger partial charge in [0.1, 0.15) is 11.2 Å². The molecule has 1 aromatic heterocycles. The van der Waals surface area contributed by atoms with E-state index >= 15 is 0 Å². The molecule has 1 heterocycles. The van der Waals surface area contributed by atoms with Gasteiger partial charge in [-0.2, -0.15) is 0 Å². The van der Waals surface area contributed by atoms with Gasteiger partial charge < -0.3 is 4.42 Å². The fourth-order valence-electron chi connectivity index (χ4n) is 1.44. The Morgan fingerprint density at radius 1 is 1.47 bits per heavy atom. The van der Waals surface area contributed by atoms with Gasteiger partial charge in [-0.15, -0.1) is 0 Å². The van der Waals surface area contributed by atoms with Crippen LogP contribution in [0.15, 0.2) is 27.4 Å². The van der Waals surface area contributed by atoms with E-state index in [9.17, 15) is 9.18 Å². The zero-order valence-corrected chi connectivity index (χ0v) is 8.29. The van der Waals surface area contributed by atoms with E-state index < -0.39 is 11.4 Å². The molecule has 2 rings (SSSR count). The van der Waals surface area contributed by atoms with Crippen LogP contribution in [-0.4, -0.2) is 4.98 Å². The molecule has 0 spiro atoms. The summed E-state index contributed by atoms with van der Waals surface area (Å²) in [6, 6.07) is 4.36. The number of nitrogens with zero attached hydrogens (tertiary/aromatic N) is 1. The zero-order chi connectivity index (χ0) is 10.8. The summed E-state index contributed by atoms with van der Waals surface area (Å²) in [6.07, 6.45) is 1.42. The van der Waals surface area contributed by atoms with Crippen LogP contribution in [0.25, 0.3) is 10.9 Å². The van der Waals surface area contributed by atoms with Crippen LogP contribution in [0.3, 0.4) is 0 Å². The van der Waals surface area contributed by atoms with Crippen LogP contribution in [0.1, 0.15) is 19.2 Å². The smallest absolute Gasteiger partial charge is 0.349 e. The number of fused-ring (bicyclic) bond motifs is 1. The van der Waals surface area contributed by atoms with Crippen LogP contribution in [0.2, 0.25) is 0 Å². The first-order valence-corrected chi connectivity index (χ1v) is 4.80. The van der Waals surface area contributed by atoms with Gasteiger partial charge in [-0.05, 0) is 18.6 Å². The number of hydrogen-bond donors (Lipinski definition) is 0. The van der Waals surface area contributed by atoms with Crippen LogP contribution in [0.5, 0.6) is 0 Å². The largest absolute Gasteiger partial charge is 0.408 e. The summed E-state index contributed by atoms with van der Waals surface area (Å²) in [4.78, 5) is 15.5. The van der Waals surface area contributed by atoms with Crippen LogP contribution in [0.4, 0.5) is 4.39 Å². The molecule has 4 heteroatoms. The molecule has 1 aromatic carbocycles. The lowest BCUT2D eigenvalue weighted by atomic mass is 10.2. The Morgan fingerprint density at radius 2 is 2.27 bits per heavy atom. The zero-order valence-electron chi connectivity index (χ0n) is 8.29. The molecule has 0 saturated carbocycles. The highest BCUT2D eigenvalue weighted by molar-refractivity contribution is 5.77. The molecule has 0 aliphatic carbocycles. The van der Waals surface area contributed by atoms with E-state index in [0.29, 0.717) is 17.8 Å². The van der Waals surface area contributed by atoms with Crippen molar-refractivity contribution in [3.8, 4) is 0 Å². The van der Waals surface area contributed by atoms with E-state index in [1.54, 1.807) is 6.07 Å². The van der Waals surface area contributed by atoms with E-state index in [1.165, 1.54) is 12.1 Å². The van der Waals surface area contributed by atoms with Crippen molar-refractivity contribution in [1.82, 2.24) is 4.98 Å². The minimum atomic E-state index is -0.651. The van der Waals surface area contributed by atoms with Crippen molar-refractivity contribution in [3.63, 3.8) is 0 Å². The highest BCUT2D eigenvalue weighted by Crippen LogP contribution is 2.12. The van der Waals surface area contributed by atoms with Gasteiger partial charge in [0.2, 0.25) is 0 Å². The predicted molar refractivity (Wildman–Crippen MR) is 54.2 cm³/mol. The molecule has 0 radical (unpaired) electrons. The summed E-state index contributed by atoms with van der Waals surface area (Å²) in [5, 5.41) is -0.0719. The maximum atomic E-state index is 13.3. The van der Waals surface area contributed by atoms with Crippen LogP contribution in [0, 0.1) is 5.82 Å². The van der Waals surface area contributed by atoms with E-state index in [1.807, 2.05) is 6.92 Å². The maximum absolute atomic E-state index is 13.3. The molecule has 0 N–H and O–H groups in total. The van der Waals surface area contributed by atoms with E-state index in [2.05, 4.69) is 4.98 Å². The molecule has 3 nitrogen and oxygen atoms in total. The predicted octanol–water partition coefficient (Wildman–Crippen LogP) is 2.28. The lowest BCUT2D eigenvalue weighted by Gasteiger charge is -1.99. The number of rotatable bonds is 2. The van der Waals surface area contributed by atoms with Gasteiger partial charge in [-0.25, -0.2) is 14.2 Å². The fraction of sp³-hybridized carbons (Fsp3) is 0.273. The number of benzene rings is 1. The monoisotopic (exact) mass is 207 g/mol. The molecule has 15 heavy (non-hydrogen) atoms. The Hall–Kier alpha value is -1.71. The van der Waals surface area contributed by atoms with Gasteiger partial charge in [0.25, 0.3) is 0 Å². The summed E-state index contributed by atoms with van der Waals surface area (Å²) < 4.78 is 18.2. The first-order valence-electron chi connectivity index (χ1n) is 4.80. The van der Waals surface area contributed by atoms with Crippen molar-refractivity contribution in [2.75, 3.05) is 0 Å². The van der Waals surface area contributed by atoms with Crippen molar-refractivity contribution in [1.29, 1.82) is 0 Å². The van der Waals surface area contributed by atoms with Gasteiger partial charge in [0.05, 0.1) is 5.52 Å². The Labute approximate surface area is 85.6 Å². The van der Waals surface area contributed by atoms with Gasteiger partial charge >= 0.3 is 5.63 Å². The van der Waals surface area contributed by atoms with Gasteiger partial charge in [-0.3, -0.25) is 0 Å². The third-order valence-electron chi connectivity index (χ3n) is 2.12. The number of hydrogen-bond acceptors (Lipinski definition) is 3. The summed E-state index contributed by atoms with van der Waals surface area (Å²) >= 11 is 0. The fourth-order valence-corrected chi connectivity index (χ4v) is 1.44. The summed E-state index contributed by atoms with van der Waals surface area (Å²) in [6.45, 7) is 1.96. The van der Waals surface area contributed by atoms with Crippen LogP contribution in [-0.2, 0) is 6.42 Å². The molecule has 0 aliphatic rings. The van der Waals surface area contributed by atoms with Gasteiger partial charge in [0, 0.05) is 6.42 Å². The molecule has 0 amide bonds. The van der Waals surface area contributed by atoms with E-state index in [0.717, 1.165) is 6.42 Å². The number of aromatic nitrogens is 1. The summed E-state index contributed by atoms with van der Waals surface area (Å²) in [7, 11) is 0. The molecule has 0 aliphatic heterocycles. The van der Waals surface area contributed by atoms with Crippen molar-refractivity contribution in [3.05, 3.63) is 40.3 Å². The second-order valence-electron chi connectivity index (χ2n) is 3.28. The minimum Gasteiger partial charge on any atom is -0.408 e. The molecule has 0 fully saturated rings. The Kier molecular flexibility index (Phi) is 2.49. The summed E-state index contributed by atoms with van der Waals surface area (Å²) in [5.74, 6) is -0.225. The Bertz CT molecular complexity index is 548. The molecule has 0 saturated heterocycles. The van der Waals surface area contributed by atoms with E-state index in [4.69, 9.17) is 4.42 Å². The highest BCUT2D eigenvalue weighted by atomic mass is 19.1. The Morgan fingerprint density at radius 3 is 3.00 bits per heavy atom. The topological polar surface area (TPSA) is 43.1 Å². The number of halogens is 1. The molecule has 0 unspecified atom stereocenters. The molecular weight excluding hydrogens is 197 g/mol. The Balaban J connectivity index is 2.73. The quantitative estimate of drug-likeness (QED) is 0.758. The maximum Gasteiger partial charge on any atom is 0.349 e. The summed E-state index contributed by atoms with van der Waals surface area (Å²) in [5.41, 5.74) is -0.295. The van der Waals surface area contributed by atoms with Crippen molar-refractivity contribution >= 4 is 10.9 Å². The second kappa shape index (κ2) is 3.81. The third kappa shape index (κ3) is 1.75. The van der Waals surface area contributed by atoms with Crippen molar-refractivity contribution < 1.29 is 8.81 Å². The van der Waals surface area contributed by atoms with Gasteiger partial charge in [-0.1, -0.05) is 13.0 Å². The molecule has 2 aromatic rings. The first kappa shape index (κ1) is 9.83. The van der Waals surface area contributed by atoms with Crippen LogP contribution < -0.4 is 5.63 Å². The van der Waals surface area contributed by atoms with Crippen molar-refractivity contribution in [2.24, 2.45) is 0 Å². The third-order valence-corrected chi connectivity index (χ3v) is 2.12. The first-order chi connectivity index (χ1) is 7.22.